The molecule has 0 saturated heterocycles. The first-order valence-electron chi connectivity index (χ1n) is 8.99. The summed E-state index contributed by atoms with van der Waals surface area (Å²) in [5, 5.41) is 2.61. The summed E-state index contributed by atoms with van der Waals surface area (Å²) in [5.74, 6) is 0.440. The quantitative estimate of drug-likeness (QED) is 0.638. The molecule has 0 heterocycles. The minimum Gasteiger partial charge on any atom is -0.489 e. The van der Waals surface area contributed by atoms with Crippen molar-refractivity contribution in [1.82, 2.24) is 0 Å². The Morgan fingerprint density at radius 2 is 1.55 bits per heavy atom. The lowest BCUT2D eigenvalue weighted by Crippen LogP contribution is -2.26. The average molecular weight is 410 g/mol. The van der Waals surface area contributed by atoms with Crippen molar-refractivity contribution in [3.05, 3.63) is 84.4 Å². The van der Waals surface area contributed by atoms with E-state index in [0.29, 0.717) is 23.7 Å². The Morgan fingerprint density at radius 1 is 0.931 bits per heavy atom. The van der Waals surface area contributed by atoms with Crippen LogP contribution in [0.5, 0.6) is 5.75 Å². The number of hydrogen-bond acceptors (Lipinski definition) is 4. The zero-order chi connectivity index (χ0) is 20.9. The molecule has 0 bridgehead atoms. The number of ether oxygens (including phenoxy) is 1. The van der Waals surface area contributed by atoms with E-state index < -0.39 is 10.0 Å². The van der Waals surface area contributed by atoms with Gasteiger partial charge in [-0.25, -0.2) is 8.42 Å². The number of nitrogens with zero attached hydrogens (tertiary/aromatic N) is 1. The molecule has 1 N–H and O–H groups in total. The first-order valence-corrected chi connectivity index (χ1v) is 10.4. The molecule has 1 amide bonds. The number of hydrogen-bond donors (Lipinski definition) is 1. The highest BCUT2D eigenvalue weighted by molar-refractivity contribution is 7.92. The lowest BCUT2D eigenvalue weighted by Gasteiger charge is -2.20. The van der Waals surface area contributed by atoms with Crippen LogP contribution < -0.4 is 14.4 Å². The van der Waals surface area contributed by atoms with Gasteiger partial charge < -0.3 is 10.1 Å². The van der Waals surface area contributed by atoms with Crippen molar-refractivity contribution in [3.63, 3.8) is 0 Å². The molecule has 0 atom stereocenters. The van der Waals surface area contributed by atoms with Crippen LogP contribution >= 0.6 is 0 Å². The van der Waals surface area contributed by atoms with E-state index in [1.807, 2.05) is 30.3 Å². The number of amides is 1. The summed E-state index contributed by atoms with van der Waals surface area (Å²) in [4.78, 5) is 11.2. The number of nitrogens with one attached hydrogen (secondary N) is 1. The number of carbonyl (C=O) groups excluding carboxylic acids is 1. The number of anilines is 2. The molecule has 3 aromatic rings. The van der Waals surface area contributed by atoms with E-state index in [4.69, 9.17) is 4.74 Å². The Labute approximate surface area is 170 Å². The van der Waals surface area contributed by atoms with Gasteiger partial charge in [0.25, 0.3) is 10.0 Å². The van der Waals surface area contributed by atoms with Crippen molar-refractivity contribution in [1.29, 1.82) is 0 Å². The lowest BCUT2D eigenvalue weighted by atomic mass is 10.2. The Bertz CT molecular complexity index is 1060. The summed E-state index contributed by atoms with van der Waals surface area (Å²) in [5.41, 5.74) is 2.11. The van der Waals surface area contributed by atoms with Crippen molar-refractivity contribution in [3.8, 4) is 5.75 Å². The standard InChI is InChI=1S/C22H22N2O4S/c1-17(25)23-19-8-14-22(15-9-19)29(26,27)24(2)20-10-12-21(13-11-20)28-16-18-6-4-3-5-7-18/h3-15H,16H2,1-2H3,(H,23,25). The van der Waals surface area contributed by atoms with E-state index in [2.05, 4.69) is 5.32 Å². The summed E-state index contributed by atoms with van der Waals surface area (Å²) in [7, 11) is -2.23. The molecule has 0 spiro atoms. The van der Waals surface area contributed by atoms with Crippen LogP contribution in [0.4, 0.5) is 11.4 Å². The zero-order valence-corrected chi connectivity index (χ0v) is 17.0. The van der Waals surface area contributed by atoms with Crippen molar-refractivity contribution in [2.24, 2.45) is 0 Å². The minimum atomic E-state index is -3.73. The van der Waals surface area contributed by atoms with Gasteiger partial charge in [-0.05, 0) is 54.1 Å². The van der Waals surface area contributed by atoms with Gasteiger partial charge in [-0.2, -0.15) is 0 Å². The van der Waals surface area contributed by atoms with Crippen LogP contribution in [-0.2, 0) is 21.4 Å². The zero-order valence-electron chi connectivity index (χ0n) is 16.2. The van der Waals surface area contributed by atoms with Crippen molar-refractivity contribution >= 4 is 27.3 Å². The molecule has 0 aliphatic carbocycles. The predicted molar refractivity (Wildman–Crippen MR) is 114 cm³/mol. The molecular formula is C22H22N2O4S. The smallest absolute Gasteiger partial charge is 0.264 e. The molecule has 0 fully saturated rings. The summed E-state index contributed by atoms with van der Waals surface area (Å²) >= 11 is 0. The van der Waals surface area contributed by atoms with Gasteiger partial charge in [-0.1, -0.05) is 30.3 Å². The molecule has 0 aliphatic rings. The monoisotopic (exact) mass is 410 g/mol. The van der Waals surface area contributed by atoms with E-state index in [1.165, 1.54) is 30.4 Å². The van der Waals surface area contributed by atoms with Crippen LogP contribution in [0, 0.1) is 0 Å². The van der Waals surface area contributed by atoms with E-state index in [9.17, 15) is 13.2 Å². The van der Waals surface area contributed by atoms with Gasteiger partial charge in [0.05, 0.1) is 10.6 Å². The Morgan fingerprint density at radius 3 is 2.14 bits per heavy atom. The third-order valence-electron chi connectivity index (χ3n) is 4.28. The second-order valence-corrected chi connectivity index (χ2v) is 8.42. The molecule has 0 radical (unpaired) electrons. The molecule has 0 saturated carbocycles. The second kappa shape index (κ2) is 8.79. The lowest BCUT2D eigenvalue weighted by molar-refractivity contribution is -0.114. The highest BCUT2D eigenvalue weighted by Crippen LogP contribution is 2.25. The molecule has 0 aromatic heterocycles. The van der Waals surface area contributed by atoms with E-state index >= 15 is 0 Å². The first-order chi connectivity index (χ1) is 13.9. The first kappa shape index (κ1) is 20.4. The summed E-state index contributed by atoms with van der Waals surface area (Å²) < 4.78 is 32.7. The van der Waals surface area contributed by atoms with Crippen LogP contribution in [0.1, 0.15) is 12.5 Å². The number of benzene rings is 3. The van der Waals surface area contributed by atoms with Gasteiger partial charge in [0.2, 0.25) is 5.91 Å². The fraction of sp³-hybridized carbons (Fsp3) is 0.136. The van der Waals surface area contributed by atoms with Gasteiger partial charge in [0, 0.05) is 19.7 Å². The normalized spacial score (nSPS) is 11.0. The maximum Gasteiger partial charge on any atom is 0.264 e. The third-order valence-corrected chi connectivity index (χ3v) is 6.08. The maximum atomic E-state index is 12.9. The van der Waals surface area contributed by atoms with Crippen LogP contribution in [0.25, 0.3) is 0 Å². The van der Waals surface area contributed by atoms with E-state index in [1.54, 1.807) is 36.4 Å². The van der Waals surface area contributed by atoms with Crippen molar-refractivity contribution < 1.29 is 17.9 Å². The molecule has 6 nitrogen and oxygen atoms in total. The predicted octanol–water partition coefficient (Wildman–Crippen LogP) is 4.05. The summed E-state index contributed by atoms with van der Waals surface area (Å²) in [6.07, 6.45) is 0. The Hall–Kier alpha value is -3.32. The van der Waals surface area contributed by atoms with E-state index in [0.717, 1.165) is 5.56 Å². The minimum absolute atomic E-state index is 0.138. The highest BCUT2D eigenvalue weighted by Gasteiger charge is 2.21. The molecular weight excluding hydrogens is 388 g/mol. The average Bonchev–Trinajstić information content (AvgIpc) is 2.73. The molecule has 3 aromatic carbocycles. The second-order valence-electron chi connectivity index (χ2n) is 6.45. The Kier molecular flexibility index (Phi) is 6.19. The molecule has 0 aliphatic heterocycles. The van der Waals surface area contributed by atoms with Gasteiger partial charge >= 0.3 is 0 Å². The third kappa shape index (κ3) is 5.14. The Balaban J connectivity index is 1.70. The largest absolute Gasteiger partial charge is 0.489 e. The van der Waals surface area contributed by atoms with Gasteiger partial charge in [-0.3, -0.25) is 9.10 Å². The molecule has 7 heteroatoms. The number of sulfonamides is 1. The highest BCUT2D eigenvalue weighted by atomic mass is 32.2. The van der Waals surface area contributed by atoms with Crippen molar-refractivity contribution in [2.75, 3.05) is 16.7 Å². The molecule has 29 heavy (non-hydrogen) atoms. The van der Waals surface area contributed by atoms with Gasteiger partial charge in [0.15, 0.2) is 0 Å². The van der Waals surface area contributed by atoms with Crippen LogP contribution in [0.3, 0.4) is 0 Å². The maximum absolute atomic E-state index is 12.9. The van der Waals surface area contributed by atoms with Gasteiger partial charge in [0.1, 0.15) is 12.4 Å². The van der Waals surface area contributed by atoms with Crippen LogP contribution in [0.2, 0.25) is 0 Å². The molecule has 0 unspecified atom stereocenters. The van der Waals surface area contributed by atoms with Crippen LogP contribution in [-0.4, -0.2) is 21.4 Å². The van der Waals surface area contributed by atoms with Gasteiger partial charge in [-0.15, -0.1) is 0 Å². The number of carbonyl (C=O) groups is 1. The summed E-state index contributed by atoms with van der Waals surface area (Å²) in [6.45, 7) is 1.83. The fourth-order valence-electron chi connectivity index (χ4n) is 2.70. The molecule has 3 rings (SSSR count). The van der Waals surface area contributed by atoms with E-state index in [-0.39, 0.29) is 10.8 Å². The topological polar surface area (TPSA) is 75.7 Å². The SMILES string of the molecule is CC(=O)Nc1ccc(S(=O)(=O)N(C)c2ccc(OCc3ccccc3)cc2)cc1. The number of rotatable bonds is 7. The summed E-state index contributed by atoms with van der Waals surface area (Å²) in [6, 6.07) is 22.7. The van der Waals surface area contributed by atoms with Crippen LogP contribution in [0.15, 0.2) is 83.8 Å². The molecule has 150 valence electrons. The van der Waals surface area contributed by atoms with Crippen molar-refractivity contribution in [2.45, 2.75) is 18.4 Å². The fourth-order valence-corrected chi connectivity index (χ4v) is 3.90.